The minimum atomic E-state index is -0.761. The molecule has 0 bridgehead atoms. The number of hydrogen-bond donors (Lipinski definition) is 0. The molecule has 0 aliphatic heterocycles. The Balaban J connectivity index is 1.66. The maximum atomic E-state index is 13.3. The van der Waals surface area contributed by atoms with Gasteiger partial charge in [-0.05, 0) is 30.7 Å². The Labute approximate surface area is 180 Å². The summed E-state index contributed by atoms with van der Waals surface area (Å²) in [4.78, 5) is 39.1. The van der Waals surface area contributed by atoms with Crippen LogP contribution in [-0.4, -0.2) is 36.2 Å². The Morgan fingerprint density at radius 1 is 0.903 bits per heavy atom. The van der Waals surface area contributed by atoms with E-state index in [9.17, 15) is 18.8 Å². The highest BCUT2D eigenvalue weighted by molar-refractivity contribution is 6.14. The van der Waals surface area contributed by atoms with E-state index in [1.807, 2.05) is 19.1 Å². The fourth-order valence-corrected chi connectivity index (χ4v) is 3.03. The maximum absolute atomic E-state index is 13.3. The van der Waals surface area contributed by atoms with E-state index in [1.165, 1.54) is 30.1 Å². The third-order valence-electron chi connectivity index (χ3n) is 4.77. The van der Waals surface area contributed by atoms with Crippen LogP contribution in [0.15, 0.2) is 72.8 Å². The first-order chi connectivity index (χ1) is 14.8. The molecule has 5 nitrogen and oxygen atoms in total. The zero-order valence-electron chi connectivity index (χ0n) is 17.3. The van der Waals surface area contributed by atoms with Gasteiger partial charge >= 0.3 is 5.97 Å². The van der Waals surface area contributed by atoms with Gasteiger partial charge in [0.15, 0.2) is 12.4 Å². The van der Waals surface area contributed by atoms with Gasteiger partial charge in [-0.15, -0.1) is 0 Å². The third kappa shape index (κ3) is 5.63. The Hall–Kier alpha value is -3.80. The number of aryl methyl sites for hydroxylation is 1. The minimum Gasteiger partial charge on any atom is -0.452 e. The fourth-order valence-electron chi connectivity index (χ4n) is 3.03. The summed E-state index contributed by atoms with van der Waals surface area (Å²) < 4.78 is 18.5. The summed E-state index contributed by atoms with van der Waals surface area (Å²) in [5.74, 6) is -1.90. The molecule has 0 aromatic heterocycles. The Kier molecular flexibility index (Phi) is 6.92. The molecule has 0 unspecified atom stereocenters. The molecule has 0 radical (unpaired) electrons. The van der Waals surface area contributed by atoms with Crippen molar-refractivity contribution < 1.29 is 23.5 Å². The van der Waals surface area contributed by atoms with E-state index in [1.54, 1.807) is 42.5 Å². The van der Waals surface area contributed by atoms with Gasteiger partial charge in [0, 0.05) is 24.7 Å². The van der Waals surface area contributed by atoms with E-state index in [0.29, 0.717) is 11.1 Å². The van der Waals surface area contributed by atoms with Crippen molar-refractivity contribution in [3.63, 3.8) is 0 Å². The van der Waals surface area contributed by atoms with Crippen molar-refractivity contribution in [2.24, 2.45) is 0 Å². The van der Waals surface area contributed by atoms with Crippen LogP contribution in [0.5, 0.6) is 0 Å². The molecule has 0 saturated carbocycles. The summed E-state index contributed by atoms with van der Waals surface area (Å²) in [6.45, 7) is 1.61. The first-order valence-corrected chi connectivity index (χ1v) is 9.71. The van der Waals surface area contributed by atoms with E-state index in [4.69, 9.17) is 4.74 Å². The van der Waals surface area contributed by atoms with Gasteiger partial charge < -0.3 is 9.64 Å². The van der Waals surface area contributed by atoms with E-state index >= 15 is 0 Å². The maximum Gasteiger partial charge on any atom is 0.339 e. The summed E-state index contributed by atoms with van der Waals surface area (Å²) in [6.07, 6.45) is 0. The largest absolute Gasteiger partial charge is 0.452 e. The number of carbonyl (C=O) groups excluding carboxylic acids is 3. The SMILES string of the molecule is Cc1ccc(C(=O)c2ccccc2C(=O)OCC(=O)N(C)Cc2cccc(F)c2)cc1. The molecular formula is C25H22FNO4. The highest BCUT2D eigenvalue weighted by atomic mass is 19.1. The summed E-state index contributed by atoms with van der Waals surface area (Å²) in [6, 6.07) is 19.3. The van der Waals surface area contributed by atoms with E-state index in [2.05, 4.69) is 0 Å². The van der Waals surface area contributed by atoms with Crippen LogP contribution >= 0.6 is 0 Å². The van der Waals surface area contributed by atoms with Gasteiger partial charge in [0.1, 0.15) is 5.82 Å². The number of nitrogens with zero attached hydrogens (tertiary/aromatic N) is 1. The number of amides is 1. The molecular weight excluding hydrogens is 397 g/mol. The topological polar surface area (TPSA) is 63.7 Å². The molecule has 0 aliphatic rings. The van der Waals surface area contributed by atoms with Gasteiger partial charge in [0.2, 0.25) is 0 Å². The normalized spacial score (nSPS) is 10.4. The lowest BCUT2D eigenvalue weighted by molar-refractivity contribution is -0.133. The highest BCUT2D eigenvalue weighted by Gasteiger charge is 2.20. The molecule has 0 fully saturated rings. The van der Waals surface area contributed by atoms with Crippen molar-refractivity contribution >= 4 is 17.7 Å². The molecule has 158 valence electrons. The standard InChI is InChI=1S/C25H22FNO4/c1-17-10-12-19(13-11-17)24(29)21-8-3-4-9-22(21)25(30)31-16-23(28)27(2)15-18-6-5-7-20(26)14-18/h3-14H,15-16H2,1-2H3. The second kappa shape index (κ2) is 9.80. The van der Waals surface area contributed by atoms with Crippen LogP contribution < -0.4 is 0 Å². The summed E-state index contributed by atoms with van der Waals surface area (Å²) >= 11 is 0. The predicted molar refractivity (Wildman–Crippen MR) is 114 cm³/mol. The molecule has 3 rings (SSSR count). The molecule has 0 aliphatic carbocycles. The van der Waals surface area contributed by atoms with Crippen molar-refractivity contribution in [1.29, 1.82) is 0 Å². The number of likely N-dealkylation sites (N-methyl/N-ethyl adjacent to an activating group) is 1. The number of carbonyl (C=O) groups is 3. The van der Waals surface area contributed by atoms with Gasteiger partial charge in [-0.25, -0.2) is 9.18 Å². The fraction of sp³-hybridized carbons (Fsp3) is 0.160. The number of rotatable bonds is 7. The molecule has 1 amide bonds. The van der Waals surface area contributed by atoms with Crippen LogP contribution in [0, 0.1) is 12.7 Å². The molecule has 0 spiro atoms. The highest BCUT2D eigenvalue weighted by Crippen LogP contribution is 2.17. The van der Waals surface area contributed by atoms with Crippen LogP contribution in [-0.2, 0) is 16.1 Å². The number of halogens is 1. The predicted octanol–water partition coefficient (Wildman–Crippen LogP) is 4.18. The van der Waals surface area contributed by atoms with Gasteiger partial charge in [-0.2, -0.15) is 0 Å². The van der Waals surface area contributed by atoms with E-state index < -0.39 is 18.5 Å². The lowest BCUT2D eigenvalue weighted by atomic mass is 9.98. The number of ether oxygens (including phenoxy) is 1. The van der Waals surface area contributed by atoms with Crippen molar-refractivity contribution in [2.45, 2.75) is 13.5 Å². The smallest absolute Gasteiger partial charge is 0.339 e. The first-order valence-electron chi connectivity index (χ1n) is 9.71. The average Bonchev–Trinajstić information content (AvgIpc) is 2.77. The zero-order chi connectivity index (χ0) is 22.4. The molecule has 6 heteroatoms. The van der Waals surface area contributed by atoms with Crippen molar-refractivity contribution in [2.75, 3.05) is 13.7 Å². The van der Waals surface area contributed by atoms with Crippen molar-refractivity contribution in [1.82, 2.24) is 4.90 Å². The summed E-state index contributed by atoms with van der Waals surface area (Å²) in [7, 11) is 1.54. The van der Waals surface area contributed by atoms with Crippen molar-refractivity contribution in [3.8, 4) is 0 Å². The Morgan fingerprint density at radius 3 is 2.26 bits per heavy atom. The van der Waals surface area contributed by atoms with Crippen LogP contribution in [0.4, 0.5) is 4.39 Å². The molecule has 0 N–H and O–H groups in total. The molecule has 31 heavy (non-hydrogen) atoms. The Bertz CT molecular complexity index is 1110. The first kappa shape index (κ1) is 21.9. The average molecular weight is 419 g/mol. The number of esters is 1. The van der Waals surface area contributed by atoms with Crippen molar-refractivity contribution in [3.05, 3.63) is 106 Å². The van der Waals surface area contributed by atoms with Gasteiger partial charge in [-0.1, -0.05) is 60.2 Å². The van der Waals surface area contributed by atoms with E-state index in [0.717, 1.165) is 5.56 Å². The van der Waals surface area contributed by atoms with Gasteiger partial charge in [0.05, 0.1) is 5.56 Å². The third-order valence-corrected chi connectivity index (χ3v) is 4.77. The molecule has 3 aromatic rings. The number of benzene rings is 3. The molecule has 0 atom stereocenters. The van der Waals surface area contributed by atoms with Crippen LogP contribution in [0.1, 0.15) is 37.4 Å². The quantitative estimate of drug-likeness (QED) is 0.426. The van der Waals surface area contributed by atoms with Crippen LogP contribution in [0.25, 0.3) is 0 Å². The summed E-state index contributed by atoms with van der Waals surface area (Å²) in [5, 5.41) is 0. The van der Waals surface area contributed by atoms with Gasteiger partial charge in [0.25, 0.3) is 5.91 Å². The van der Waals surface area contributed by atoms with Crippen LogP contribution in [0.2, 0.25) is 0 Å². The van der Waals surface area contributed by atoms with Crippen LogP contribution in [0.3, 0.4) is 0 Å². The number of ketones is 1. The summed E-state index contributed by atoms with van der Waals surface area (Å²) in [5.41, 5.74) is 2.39. The lowest BCUT2D eigenvalue weighted by Gasteiger charge is -2.17. The van der Waals surface area contributed by atoms with Gasteiger partial charge in [-0.3, -0.25) is 9.59 Å². The molecule has 0 saturated heterocycles. The van der Waals surface area contributed by atoms with E-state index in [-0.39, 0.29) is 29.3 Å². The molecule has 0 heterocycles. The second-order valence-corrected chi connectivity index (χ2v) is 7.20. The lowest BCUT2D eigenvalue weighted by Crippen LogP contribution is -2.31. The molecule has 3 aromatic carbocycles. The second-order valence-electron chi connectivity index (χ2n) is 7.20. The zero-order valence-corrected chi connectivity index (χ0v) is 17.3. The monoisotopic (exact) mass is 419 g/mol. The minimum absolute atomic E-state index is 0.0914. The Morgan fingerprint density at radius 2 is 1.58 bits per heavy atom. The number of hydrogen-bond acceptors (Lipinski definition) is 4.